The van der Waals surface area contributed by atoms with E-state index < -0.39 is 25.0 Å². The Morgan fingerprint density at radius 3 is 2.93 bits per heavy atom. The Balaban J connectivity index is 2.43. The average molecular weight is 223 g/mol. The van der Waals surface area contributed by atoms with Gasteiger partial charge in [0.2, 0.25) is 0 Å². The van der Waals surface area contributed by atoms with Crippen molar-refractivity contribution >= 4 is 17.4 Å². The maximum Gasteiger partial charge on any atom is 0.287 e. The van der Waals surface area contributed by atoms with Crippen LogP contribution in [0, 0.1) is 0 Å². The van der Waals surface area contributed by atoms with Gasteiger partial charge in [-0.1, -0.05) is 4.49 Å². The van der Waals surface area contributed by atoms with Crippen LogP contribution in [0.1, 0.15) is 9.67 Å². The van der Waals surface area contributed by atoms with E-state index in [2.05, 4.69) is 9.59 Å². The van der Waals surface area contributed by atoms with Gasteiger partial charge in [-0.05, 0) is 11.5 Å². The normalized spacial score (nSPS) is 11.4. The molecular formula is C6H7F2N3O2S. The number of amides is 1. The molecular weight excluding hydrogens is 216 g/mol. The highest BCUT2D eigenvalue weighted by molar-refractivity contribution is 7.07. The zero-order valence-electron chi connectivity index (χ0n) is 6.91. The van der Waals surface area contributed by atoms with Crippen molar-refractivity contribution in [2.75, 3.05) is 13.2 Å². The molecule has 0 bridgehead atoms. The number of carbonyl (C=O) groups excluding carboxylic acids is 1. The van der Waals surface area contributed by atoms with E-state index in [1.807, 2.05) is 5.32 Å². The number of rotatable bonds is 4. The third-order valence-electron chi connectivity index (χ3n) is 1.32. The van der Waals surface area contributed by atoms with Crippen molar-refractivity contribution in [3.05, 3.63) is 11.1 Å². The van der Waals surface area contributed by atoms with Crippen molar-refractivity contribution in [1.29, 1.82) is 0 Å². The molecule has 0 saturated carbocycles. The maximum absolute atomic E-state index is 12.5. The van der Waals surface area contributed by atoms with Gasteiger partial charge in [0.25, 0.3) is 11.8 Å². The molecule has 14 heavy (non-hydrogen) atoms. The number of aliphatic hydroxyl groups excluding tert-OH is 1. The van der Waals surface area contributed by atoms with E-state index in [1.54, 1.807) is 0 Å². The Hall–Kier alpha value is -1.15. The molecule has 1 amide bonds. The molecule has 0 radical (unpaired) electrons. The number of nitrogens with one attached hydrogen (secondary N) is 1. The molecule has 1 rings (SSSR count). The van der Waals surface area contributed by atoms with Gasteiger partial charge in [0.05, 0.1) is 12.7 Å². The standard InChI is InChI=1S/C6H7F2N3O2S/c7-6(8,3-12)2-9-5(13)4-1-10-11-14-4/h1,12H,2-3H2,(H,9,13). The number of aliphatic hydroxyl groups is 1. The maximum atomic E-state index is 12.5. The summed E-state index contributed by atoms with van der Waals surface area (Å²) in [6.07, 6.45) is 1.18. The minimum atomic E-state index is -3.30. The Bertz CT molecular complexity index is 304. The second-order valence-corrected chi connectivity index (χ2v) is 3.26. The first-order valence-electron chi connectivity index (χ1n) is 3.59. The monoisotopic (exact) mass is 223 g/mol. The van der Waals surface area contributed by atoms with E-state index in [1.165, 1.54) is 6.20 Å². The van der Waals surface area contributed by atoms with Gasteiger partial charge in [-0.3, -0.25) is 4.79 Å². The molecule has 1 aromatic rings. The van der Waals surface area contributed by atoms with Crippen LogP contribution in [0.2, 0.25) is 0 Å². The number of alkyl halides is 2. The number of carbonyl (C=O) groups is 1. The third kappa shape index (κ3) is 2.96. The van der Waals surface area contributed by atoms with Crippen LogP contribution in [0.5, 0.6) is 0 Å². The largest absolute Gasteiger partial charge is 0.390 e. The van der Waals surface area contributed by atoms with Crippen molar-refractivity contribution in [1.82, 2.24) is 14.9 Å². The van der Waals surface area contributed by atoms with Crippen molar-refractivity contribution in [3.63, 3.8) is 0 Å². The first kappa shape index (κ1) is 10.9. The summed E-state index contributed by atoms with van der Waals surface area (Å²) in [5.74, 6) is -3.97. The van der Waals surface area contributed by atoms with Crippen molar-refractivity contribution in [2.45, 2.75) is 5.92 Å². The van der Waals surface area contributed by atoms with Crippen LogP contribution in [0.15, 0.2) is 6.20 Å². The highest BCUT2D eigenvalue weighted by atomic mass is 32.1. The number of hydrogen-bond acceptors (Lipinski definition) is 5. The number of nitrogens with zero attached hydrogens (tertiary/aromatic N) is 2. The van der Waals surface area contributed by atoms with E-state index in [4.69, 9.17) is 5.11 Å². The summed E-state index contributed by atoms with van der Waals surface area (Å²) >= 11 is 0.809. The van der Waals surface area contributed by atoms with Crippen molar-refractivity contribution < 1.29 is 18.7 Å². The molecule has 1 aromatic heterocycles. The van der Waals surface area contributed by atoms with E-state index in [0.29, 0.717) is 0 Å². The van der Waals surface area contributed by atoms with Gasteiger partial charge < -0.3 is 10.4 Å². The summed E-state index contributed by atoms with van der Waals surface area (Å²) in [5.41, 5.74) is 0. The molecule has 0 aliphatic heterocycles. The predicted octanol–water partition coefficient (Wildman–Crippen LogP) is -0.105. The predicted molar refractivity (Wildman–Crippen MR) is 44.3 cm³/mol. The van der Waals surface area contributed by atoms with Gasteiger partial charge in [-0.2, -0.15) is 0 Å². The fourth-order valence-electron chi connectivity index (χ4n) is 0.620. The highest BCUT2D eigenvalue weighted by Gasteiger charge is 2.28. The van der Waals surface area contributed by atoms with Crippen LogP contribution in [-0.2, 0) is 0 Å². The summed E-state index contributed by atoms with van der Waals surface area (Å²) in [7, 11) is 0. The smallest absolute Gasteiger partial charge is 0.287 e. The second-order valence-electron chi connectivity index (χ2n) is 2.48. The Morgan fingerprint density at radius 2 is 2.43 bits per heavy atom. The lowest BCUT2D eigenvalue weighted by atomic mass is 10.3. The Kier molecular flexibility index (Phi) is 3.42. The molecule has 0 aliphatic rings. The van der Waals surface area contributed by atoms with Gasteiger partial charge >= 0.3 is 0 Å². The number of aromatic nitrogens is 2. The minimum absolute atomic E-state index is 0.152. The van der Waals surface area contributed by atoms with Gasteiger partial charge in [0.15, 0.2) is 0 Å². The molecule has 1 heterocycles. The van der Waals surface area contributed by atoms with E-state index in [0.717, 1.165) is 11.5 Å². The van der Waals surface area contributed by atoms with E-state index >= 15 is 0 Å². The summed E-state index contributed by atoms with van der Waals surface area (Å²) in [6, 6.07) is 0. The molecule has 0 atom stereocenters. The summed E-state index contributed by atoms with van der Waals surface area (Å²) in [4.78, 5) is 11.2. The zero-order valence-corrected chi connectivity index (χ0v) is 7.72. The van der Waals surface area contributed by atoms with Gasteiger partial charge in [-0.25, -0.2) is 8.78 Å². The fraction of sp³-hybridized carbons (Fsp3) is 0.500. The van der Waals surface area contributed by atoms with Crippen LogP contribution in [0.3, 0.4) is 0 Å². The summed E-state index contributed by atoms with van der Waals surface area (Å²) in [5, 5.41) is 13.6. The first-order chi connectivity index (χ1) is 6.55. The number of hydrogen-bond donors (Lipinski definition) is 2. The lowest BCUT2D eigenvalue weighted by Crippen LogP contribution is -2.38. The van der Waals surface area contributed by atoms with Gasteiger partial charge in [-0.15, -0.1) is 5.10 Å². The van der Waals surface area contributed by atoms with Crippen LogP contribution < -0.4 is 5.32 Å². The van der Waals surface area contributed by atoms with Crippen LogP contribution in [0.4, 0.5) is 8.78 Å². The van der Waals surface area contributed by atoms with Crippen LogP contribution in [-0.4, -0.2) is 39.7 Å². The zero-order chi connectivity index (χ0) is 10.6. The van der Waals surface area contributed by atoms with Gasteiger partial charge in [0, 0.05) is 0 Å². The van der Waals surface area contributed by atoms with Crippen LogP contribution in [0.25, 0.3) is 0 Å². The lowest BCUT2D eigenvalue weighted by molar-refractivity contribution is -0.0461. The van der Waals surface area contributed by atoms with Crippen molar-refractivity contribution in [2.24, 2.45) is 0 Å². The van der Waals surface area contributed by atoms with Crippen molar-refractivity contribution in [3.8, 4) is 0 Å². The molecule has 8 heteroatoms. The van der Waals surface area contributed by atoms with Gasteiger partial charge in [0.1, 0.15) is 11.5 Å². The first-order valence-corrected chi connectivity index (χ1v) is 4.37. The SMILES string of the molecule is O=C(NCC(F)(F)CO)c1cnns1. The summed E-state index contributed by atoms with van der Waals surface area (Å²) < 4.78 is 28.3. The van der Waals surface area contributed by atoms with Crippen LogP contribution >= 0.6 is 11.5 Å². The fourth-order valence-corrected chi connectivity index (χ4v) is 1.05. The minimum Gasteiger partial charge on any atom is -0.390 e. The Labute approximate surface area is 81.9 Å². The van der Waals surface area contributed by atoms with E-state index in [9.17, 15) is 13.6 Å². The molecule has 0 unspecified atom stereocenters. The quantitative estimate of drug-likeness (QED) is 0.747. The van der Waals surface area contributed by atoms with E-state index in [-0.39, 0.29) is 4.88 Å². The molecule has 0 aromatic carbocycles. The molecule has 0 aliphatic carbocycles. The highest BCUT2D eigenvalue weighted by Crippen LogP contribution is 2.10. The molecule has 5 nitrogen and oxygen atoms in total. The average Bonchev–Trinajstić information content (AvgIpc) is 2.67. The number of halogens is 2. The second kappa shape index (κ2) is 4.38. The molecule has 78 valence electrons. The topological polar surface area (TPSA) is 75.1 Å². The molecule has 0 spiro atoms. The third-order valence-corrected chi connectivity index (χ3v) is 1.99. The summed E-state index contributed by atoms with van der Waals surface area (Å²) in [6.45, 7) is -2.20. The molecule has 0 saturated heterocycles. The molecule has 0 fully saturated rings. The molecule has 2 N–H and O–H groups in total. The Morgan fingerprint density at radius 1 is 1.71 bits per heavy atom. The lowest BCUT2D eigenvalue weighted by Gasteiger charge is -2.12.